The molecule has 0 fully saturated rings. The fraction of sp³-hybridized carbons (Fsp3) is 0.391. The zero-order valence-electron chi connectivity index (χ0n) is 18.1. The van der Waals surface area contributed by atoms with E-state index in [0.717, 1.165) is 17.7 Å². The molecule has 7 nitrogen and oxygen atoms in total. The van der Waals surface area contributed by atoms with Crippen molar-refractivity contribution in [1.82, 2.24) is 0 Å². The summed E-state index contributed by atoms with van der Waals surface area (Å²) in [7, 11) is -3.78. The van der Waals surface area contributed by atoms with Crippen LogP contribution in [0.25, 0.3) is 0 Å². The third-order valence-corrected chi connectivity index (χ3v) is 6.63. The largest absolute Gasteiger partial charge is 0.326 e. The molecule has 0 bridgehead atoms. The summed E-state index contributed by atoms with van der Waals surface area (Å²) in [6.07, 6.45) is 2.27. The number of hydrogen-bond acceptors (Lipinski definition) is 4. The molecule has 0 unspecified atom stereocenters. The fourth-order valence-corrected chi connectivity index (χ4v) is 4.49. The van der Waals surface area contributed by atoms with Crippen LogP contribution in [0.5, 0.6) is 0 Å². The molecule has 0 aliphatic carbocycles. The van der Waals surface area contributed by atoms with Gasteiger partial charge < -0.3 is 10.2 Å². The van der Waals surface area contributed by atoms with Crippen molar-refractivity contribution in [1.29, 1.82) is 0 Å². The summed E-state index contributed by atoms with van der Waals surface area (Å²) in [4.78, 5) is 25.8. The molecule has 2 N–H and O–H groups in total. The van der Waals surface area contributed by atoms with E-state index in [9.17, 15) is 18.0 Å². The SMILES string of the molecule is CCC(=O)Nc1ccc(S(=O)(=O)Nc2ccc3c(c2)CCC(=O)N3CCC(C)C)cc1. The lowest BCUT2D eigenvalue weighted by molar-refractivity contribution is -0.119. The first-order chi connectivity index (χ1) is 14.7. The minimum Gasteiger partial charge on any atom is -0.326 e. The van der Waals surface area contributed by atoms with Gasteiger partial charge in [-0.1, -0.05) is 20.8 Å². The maximum Gasteiger partial charge on any atom is 0.261 e. The minimum absolute atomic E-state index is 0.105. The summed E-state index contributed by atoms with van der Waals surface area (Å²) in [6.45, 7) is 6.65. The standard InChI is InChI=1S/C23H29N3O4S/c1-4-22(27)24-18-6-9-20(10-7-18)31(29,30)25-19-8-11-21-17(15-19)5-12-23(28)26(21)14-13-16(2)3/h6-11,15-16,25H,4-5,12-14H2,1-3H3,(H,24,27). The van der Waals surface area contributed by atoms with Crippen LogP contribution in [0.3, 0.4) is 0 Å². The molecular formula is C23H29N3O4S. The number of rotatable bonds is 8. The number of hydrogen-bond donors (Lipinski definition) is 2. The van der Waals surface area contributed by atoms with Crippen molar-refractivity contribution in [3.8, 4) is 0 Å². The molecule has 1 heterocycles. The van der Waals surface area contributed by atoms with Gasteiger partial charge in [-0.3, -0.25) is 14.3 Å². The zero-order valence-corrected chi connectivity index (χ0v) is 19.0. The zero-order chi connectivity index (χ0) is 22.6. The first-order valence-electron chi connectivity index (χ1n) is 10.6. The van der Waals surface area contributed by atoms with E-state index in [1.807, 2.05) is 6.07 Å². The molecule has 0 saturated heterocycles. The Morgan fingerprint density at radius 2 is 1.74 bits per heavy atom. The number of fused-ring (bicyclic) bond motifs is 1. The number of nitrogens with zero attached hydrogens (tertiary/aromatic N) is 1. The molecule has 166 valence electrons. The molecule has 31 heavy (non-hydrogen) atoms. The predicted molar refractivity (Wildman–Crippen MR) is 123 cm³/mol. The number of anilines is 3. The van der Waals surface area contributed by atoms with Gasteiger partial charge in [-0.05, 0) is 66.8 Å². The summed E-state index contributed by atoms with van der Waals surface area (Å²) in [5.74, 6) is 0.464. The van der Waals surface area contributed by atoms with Crippen molar-refractivity contribution in [3.63, 3.8) is 0 Å². The topological polar surface area (TPSA) is 95.6 Å². The van der Waals surface area contributed by atoms with Gasteiger partial charge in [-0.2, -0.15) is 0 Å². The molecule has 8 heteroatoms. The Morgan fingerprint density at radius 1 is 1.06 bits per heavy atom. The highest BCUT2D eigenvalue weighted by atomic mass is 32.2. The van der Waals surface area contributed by atoms with Gasteiger partial charge in [-0.25, -0.2) is 8.42 Å². The minimum atomic E-state index is -3.78. The molecule has 0 spiro atoms. The fourth-order valence-electron chi connectivity index (χ4n) is 3.44. The maximum atomic E-state index is 12.8. The maximum absolute atomic E-state index is 12.8. The van der Waals surface area contributed by atoms with Gasteiger partial charge in [0.1, 0.15) is 0 Å². The van der Waals surface area contributed by atoms with E-state index in [4.69, 9.17) is 0 Å². The van der Waals surface area contributed by atoms with Gasteiger partial charge in [-0.15, -0.1) is 0 Å². The normalized spacial score (nSPS) is 13.8. The molecule has 0 saturated carbocycles. The molecule has 2 aromatic rings. The van der Waals surface area contributed by atoms with Crippen molar-refractivity contribution < 1.29 is 18.0 Å². The van der Waals surface area contributed by atoms with Crippen LogP contribution in [0.2, 0.25) is 0 Å². The van der Waals surface area contributed by atoms with Gasteiger partial charge >= 0.3 is 0 Å². The monoisotopic (exact) mass is 443 g/mol. The number of carbonyl (C=O) groups is 2. The average molecular weight is 444 g/mol. The number of sulfonamides is 1. The van der Waals surface area contributed by atoms with E-state index >= 15 is 0 Å². The lowest BCUT2D eigenvalue weighted by Gasteiger charge is -2.30. The smallest absolute Gasteiger partial charge is 0.261 e. The van der Waals surface area contributed by atoms with E-state index in [1.54, 1.807) is 36.1 Å². The lowest BCUT2D eigenvalue weighted by atomic mass is 9.99. The molecule has 0 radical (unpaired) electrons. The Morgan fingerprint density at radius 3 is 2.39 bits per heavy atom. The summed E-state index contributed by atoms with van der Waals surface area (Å²) < 4.78 is 28.2. The van der Waals surface area contributed by atoms with E-state index in [2.05, 4.69) is 23.9 Å². The van der Waals surface area contributed by atoms with Crippen LogP contribution in [0.4, 0.5) is 17.1 Å². The van der Waals surface area contributed by atoms with Crippen molar-refractivity contribution in [2.45, 2.75) is 51.3 Å². The molecule has 2 aromatic carbocycles. The third kappa shape index (κ3) is 5.64. The molecule has 2 amide bonds. The number of amides is 2. The van der Waals surface area contributed by atoms with Gasteiger partial charge in [0, 0.05) is 36.4 Å². The summed E-state index contributed by atoms with van der Waals surface area (Å²) in [5, 5.41) is 2.69. The molecule has 3 rings (SSSR count). The summed E-state index contributed by atoms with van der Waals surface area (Å²) in [5.41, 5.74) is 2.82. The van der Waals surface area contributed by atoms with Crippen LogP contribution in [-0.4, -0.2) is 26.8 Å². The van der Waals surface area contributed by atoms with Gasteiger partial charge in [0.25, 0.3) is 10.0 Å². The average Bonchev–Trinajstić information content (AvgIpc) is 2.73. The van der Waals surface area contributed by atoms with Gasteiger partial charge in [0.05, 0.1) is 4.90 Å². The third-order valence-electron chi connectivity index (χ3n) is 5.23. The summed E-state index contributed by atoms with van der Waals surface area (Å²) in [6, 6.07) is 11.3. The van der Waals surface area contributed by atoms with E-state index in [-0.39, 0.29) is 16.7 Å². The highest BCUT2D eigenvalue weighted by Gasteiger charge is 2.25. The second-order valence-corrected chi connectivity index (χ2v) is 9.79. The van der Waals surface area contributed by atoms with Crippen LogP contribution in [0.15, 0.2) is 47.4 Å². The molecular weight excluding hydrogens is 414 g/mol. The lowest BCUT2D eigenvalue weighted by Crippen LogP contribution is -2.36. The van der Waals surface area contributed by atoms with Crippen LogP contribution < -0.4 is 14.9 Å². The Hall–Kier alpha value is -2.87. The Labute approximate surface area is 183 Å². The summed E-state index contributed by atoms with van der Waals surface area (Å²) >= 11 is 0. The van der Waals surface area contributed by atoms with Crippen molar-refractivity contribution >= 4 is 38.9 Å². The number of aryl methyl sites for hydroxylation is 1. The van der Waals surface area contributed by atoms with Crippen LogP contribution in [-0.2, 0) is 26.0 Å². The Bertz CT molecular complexity index is 1060. The van der Waals surface area contributed by atoms with Crippen molar-refractivity contribution in [3.05, 3.63) is 48.0 Å². The highest BCUT2D eigenvalue weighted by Crippen LogP contribution is 2.31. The van der Waals surface area contributed by atoms with Crippen LogP contribution in [0.1, 0.15) is 45.6 Å². The van der Waals surface area contributed by atoms with E-state index in [0.29, 0.717) is 43.1 Å². The first-order valence-corrected chi connectivity index (χ1v) is 12.0. The second kappa shape index (κ2) is 9.51. The second-order valence-electron chi connectivity index (χ2n) is 8.10. The Balaban J connectivity index is 1.76. The van der Waals surface area contributed by atoms with Crippen LogP contribution in [0, 0.1) is 5.92 Å². The van der Waals surface area contributed by atoms with Gasteiger partial charge in [0.2, 0.25) is 11.8 Å². The van der Waals surface area contributed by atoms with Crippen molar-refractivity contribution in [2.75, 3.05) is 21.5 Å². The van der Waals surface area contributed by atoms with E-state index < -0.39 is 10.0 Å². The predicted octanol–water partition coefficient (Wildman–Crippen LogP) is 4.16. The molecule has 1 aliphatic heterocycles. The molecule has 1 aliphatic rings. The number of carbonyl (C=O) groups excluding carboxylic acids is 2. The Kier molecular flexibility index (Phi) is 7.00. The number of benzene rings is 2. The van der Waals surface area contributed by atoms with Crippen molar-refractivity contribution in [2.24, 2.45) is 5.92 Å². The van der Waals surface area contributed by atoms with Crippen LogP contribution >= 0.6 is 0 Å². The van der Waals surface area contributed by atoms with Gasteiger partial charge in [0.15, 0.2) is 0 Å². The highest BCUT2D eigenvalue weighted by molar-refractivity contribution is 7.92. The van der Waals surface area contributed by atoms with E-state index in [1.165, 1.54) is 12.1 Å². The quantitative estimate of drug-likeness (QED) is 0.640. The molecule has 0 aromatic heterocycles. The molecule has 0 atom stereocenters. The first kappa shape index (κ1) is 22.8. The number of nitrogens with one attached hydrogen (secondary N) is 2.